The number of carbonyl (C=O) groups excluding carboxylic acids is 2. The zero-order chi connectivity index (χ0) is 18.2. The summed E-state index contributed by atoms with van der Waals surface area (Å²) in [5.41, 5.74) is 2.54. The predicted molar refractivity (Wildman–Crippen MR) is 92.4 cm³/mol. The van der Waals surface area contributed by atoms with Crippen LogP contribution < -0.4 is 5.32 Å². The minimum atomic E-state index is -4.23. The van der Waals surface area contributed by atoms with Gasteiger partial charge in [0.1, 0.15) is 6.04 Å². The fourth-order valence-corrected chi connectivity index (χ4v) is 4.12. The lowest BCUT2D eigenvalue weighted by molar-refractivity contribution is -0.124. The molecular formula is C18H18N2O4S. The maximum atomic E-state index is 12.8. The number of urea groups is 1. The van der Waals surface area contributed by atoms with E-state index in [1.165, 1.54) is 12.1 Å². The molecule has 0 radical (unpaired) electrons. The van der Waals surface area contributed by atoms with Gasteiger partial charge in [-0.1, -0.05) is 36.4 Å². The van der Waals surface area contributed by atoms with Crippen LogP contribution in [0.25, 0.3) is 0 Å². The van der Waals surface area contributed by atoms with Gasteiger partial charge in [-0.3, -0.25) is 4.79 Å². The number of imide groups is 1. The van der Waals surface area contributed by atoms with Gasteiger partial charge in [0.15, 0.2) is 0 Å². The summed E-state index contributed by atoms with van der Waals surface area (Å²) in [5.74, 6) is -0.757. The number of carbonyl (C=O) groups is 2. The molecule has 0 saturated carbocycles. The molecule has 0 bridgehead atoms. The molecule has 1 saturated heterocycles. The van der Waals surface area contributed by atoms with Crippen molar-refractivity contribution in [3.8, 4) is 0 Å². The number of nitrogens with zero attached hydrogens (tertiary/aromatic N) is 1. The van der Waals surface area contributed by atoms with Crippen molar-refractivity contribution in [1.82, 2.24) is 9.62 Å². The Labute approximate surface area is 146 Å². The molecule has 6 nitrogen and oxygen atoms in total. The maximum absolute atomic E-state index is 12.8. The summed E-state index contributed by atoms with van der Waals surface area (Å²) in [6, 6.07) is 11.8. The molecule has 1 fully saturated rings. The number of aryl methyl sites for hydroxylation is 2. The first kappa shape index (κ1) is 17.2. The minimum Gasteiger partial charge on any atom is -0.325 e. The molecule has 7 heteroatoms. The van der Waals surface area contributed by atoms with E-state index in [1.54, 1.807) is 13.0 Å². The molecule has 1 N–H and O–H groups in total. The van der Waals surface area contributed by atoms with E-state index in [4.69, 9.17) is 0 Å². The van der Waals surface area contributed by atoms with Crippen molar-refractivity contribution in [2.75, 3.05) is 0 Å². The zero-order valence-corrected chi connectivity index (χ0v) is 14.7. The third-order valence-corrected chi connectivity index (χ3v) is 5.96. The van der Waals surface area contributed by atoms with E-state index in [0.29, 0.717) is 4.31 Å². The normalized spacial score (nSPS) is 17.7. The second-order valence-electron chi connectivity index (χ2n) is 6.05. The van der Waals surface area contributed by atoms with Gasteiger partial charge in [0.05, 0.1) is 4.90 Å². The topological polar surface area (TPSA) is 83.6 Å². The summed E-state index contributed by atoms with van der Waals surface area (Å²) in [4.78, 5) is 24.7. The Kier molecular flexibility index (Phi) is 4.34. The molecule has 3 amide bonds. The van der Waals surface area contributed by atoms with Gasteiger partial charge in [-0.15, -0.1) is 4.31 Å². The highest BCUT2D eigenvalue weighted by atomic mass is 32.2. The molecule has 0 aromatic heterocycles. The molecular weight excluding hydrogens is 340 g/mol. The summed E-state index contributed by atoms with van der Waals surface area (Å²) in [5, 5.41) is 2.46. The molecule has 130 valence electrons. The highest BCUT2D eigenvalue weighted by Crippen LogP contribution is 2.23. The first-order valence-electron chi connectivity index (χ1n) is 7.81. The smallest absolute Gasteiger partial charge is 0.325 e. The van der Waals surface area contributed by atoms with Crippen molar-refractivity contribution in [2.24, 2.45) is 0 Å². The van der Waals surface area contributed by atoms with E-state index >= 15 is 0 Å². The molecule has 25 heavy (non-hydrogen) atoms. The summed E-state index contributed by atoms with van der Waals surface area (Å²) in [6.07, 6.45) is 0.240. The van der Waals surface area contributed by atoms with Crippen LogP contribution in [0.2, 0.25) is 0 Å². The number of nitrogens with one attached hydrogen (secondary N) is 1. The van der Waals surface area contributed by atoms with E-state index in [2.05, 4.69) is 5.32 Å². The van der Waals surface area contributed by atoms with Crippen LogP contribution in [0.4, 0.5) is 4.79 Å². The van der Waals surface area contributed by atoms with E-state index < -0.39 is 28.0 Å². The van der Waals surface area contributed by atoms with Crippen LogP contribution in [-0.2, 0) is 21.2 Å². The first-order chi connectivity index (χ1) is 11.8. The van der Waals surface area contributed by atoms with Crippen LogP contribution in [0, 0.1) is 13.8 Å². The Morgan fingerprint density at radius 1 is 1.00 bits per heavy atom. The van der Waals surface area contributed by atoms with Gasteiger partial charge in [0, 0.05) is 6.42 Å². The Bertz CT molecular complexity index is 939. The molecule has 0 aliphatic carbocycles. The monoisotopic (exact) mass is 358 g/mol. The van der Waals surface area contributed by atoms with E-state index in [0.717, 1.165) is 16.7 Å². The highest BCUT2D eigenvalue weighted by molar-refractivity contribution is 7.90. The van der Waals surface area contributed by atoms with E-state index in [1.807, 2.05) is 37.3 Å². The number of sulfonamides is 1. The lowest BCUT2D eigenvalue weighted by atomic mass is 10.1. The van der Waals surface area contributed by atoms with Crippen LogP contribution >= 0.6 is 0 Å². The highest BCUT2D eigenvalue weighted by Gasteiger charge is 2.45. The average Bonchev–Trinajstić information content (AvgIpc) is 2.85. The summed E-state index contributed by atoms with van der Waals surface area (Å²) in [7, 11) is -4.23. The van der Waals surface area contributed by atoms with Crippen molar-refractivity contribution >= 4 is 22.0 Å². The summed E-state index contributed by atoms with van der Waals surface area (Å²) >= 11 is 0. The Morgan fingerprint density at radius 3 is 2.32 bits per heavy atom. The Balaban J connectivity index is 1.90. The van der Waals surface area contributed by atoms with Gasteiger partial charge in [0.2, 0.25) is 0 Å². The molecule has 2 aromatic carbocycles. The maximum Gasteiger partial charge on any atom is 0.339 e. The lowest BCUT2D eigenvalue weighted by Gasteiger charge is -2.14. The first-order valence-corrected chi connectivity index (χ1v) is 9.25. The number of rotatable bonds is 4. The SMILES string of the molecule is Cc1ccc(S(=O)(=O)N2C(=O)N[C@@H](Cc3ccccc3)C2=O)cc1C. The number of benzene rings is 2. The second-order valence-corrected chi connectivity index (χ2v) is 7.83. The van der Waals surface area contributed by atoms with Crippen LogP contribution in [0.15, 0.2) is 53.4 Å². The van der Waals surface area contributed by atoms with Crippen molar-refractivity contribution in [1.29, 1.82) is 0 Å². The van der Waals surface area contributed by atoms with Crippen molar-refractivity contribution < 1.29 is 18.0 Å². The van der Waals surface area contributed by atoms with Crippen LogP contribution in [0.5, 0.6) is 0 Å². The van der Waals surface area contributed by atoms with Crippen molar-refractivity contribution in [3.63, 3.8) is 0 Å². The largest absolute Gasteiger partial charge is 0.339 e. The fourth-order valence-electron chi connectivity index (χ4n) is 2.71. The average molecular weight is 358 g/mol. The number of hydrogen-bond donors (Lipinski definition) is 1. The van der Waals surface area contributed by atoms with Gasteiger partial charge in [-0.25, -0.2) is 13.2 Å². The van der Waals surface area contributed by atoms with Crippen molar-refractivity contribution in [3.05, 3.63) is 65.2 Å². The zero-order valence-electron chi connectivity index (χ0n) is 13.9. The van der Waals surface area contributed by atoms with Crippen LogP contribution in [0.1, 0.15) is 16.7 Å². The molecule has 0 spiro atoms. The van der Waals surface area contributed by atoms with Crippen LogP contribution in [0.3, 0.4) is 0 Å². The molecule has 3 rings (SSSR count). The molecule has 1 heterocycles. The number of hydrogen-bond acceptors (Lipinski definition) is 4. The summed E-state index contributed by atoms with van der Waals surface area (Å²) in [6.45, 7) is 3.63. The molecule has 1 atom stereocenters. The van der Waals surface area contributed by atoms with Crippen molar-refractivity contribution in [2.45, 2.75) is 31.2 Å². The lowest BCUT2D eigenvalue weighted by Crippen LogP contribution is -2.37. The molecule has 1 aliphatic heterocycles. The minimum absolute atomic E-state index is 0.0699. The molecule has 1 aliphatic rings. The molecule has 2 aromatic rings. The Morgan fingerprint density at radius 2 is 1.68 bits per heavy atom. The van der Waals surface area contributed by atoms with Gasteiger partial charge in [-0.05, 0) is 42.7 Å². The van der Waals surface area contributed by atoms with Crippen LogP contribution in [-0.4, -0.2) is 30.7 Å². The van der Waals surface area contributed by atoms with E-state index in [-0.39, 0.29) is 11.3 Å². The number of amides is 3. The quantitative estimate of drug-likeness (QED) is 0.849. The summed E-state index contributed by atoms with van der Waals surface area (Å²) < 4.78 is 25.9. The third-order valence-electron chi connectivity index (χ3n) is 4.28. The third kappa shape index (κ3) is 3.15. The molecule has 0 unspecified atom stereocenters. The van der Waals surface area contributed by atoms with Gasteiger partial charge >= 0.3 is 6.03 Å². The van der Waals surface area contributed by atoms with Gasteiger partial charge in [0.25, 0.3) is 15.9 Å². The van der Waals surface area contributed by atoms with Gasteiger partial charge in [-0.2, -0.15) is 0 Å². The van der Waals surface area contributed by atoms with E-state index in [9.17, 15) is 18.0 Å². The second kappa shape index (κ2) is 6.33. The van der Waals surface area contributed by atoms with Gasteiger partial charge < -0.3 is 5.32 Å². The Hall–Kier alpha value is -2.67. The standard InChI is InChI=1S/C18H18N2O4S/c1-12-8-9-15(10-13(12)2)25(23,24)20-17(21)16(19-18(20)22)11-14-6-4-3-5-7-14/h3-10,16H,11H2,1-2H3,(H,19,22)/t16-/m0/s1. The predicted octanol–water partition coefficient (Wildman–Crippen LogP) is 2.16. The fraction of sp³-hybridized carbons (Fsp3) is 0.222.